The highest BCUT2D eigenvalue weighted by Crippen LogP contribution is 2.30. The number of hydrogen-bond donors (Lipinski definition) is 2. The summed E-state index contributed by atoms with van der Waals surface area (Å²) in [5.41, 5.74) is 6.41. The lowest BCUT2D eigenvalue weighted by Gasteiger charge is -2.17. The van der Waals surface area contributed by atoms with Crippen LogP contribution in [0.4, 0.5) is 0 Å². The fraction of sp³-hybridized carbons (Fsp3) is 0.538. The fourth-order valence-corrected chi connectivity index (χ4v) is 2.00. The maximum Gasteiger partial charge on any atom is 0.106 e. The van der Waals surface area contributed by atoms with Gasteiger partial charge in [-0.15, -0.1) is 0 Å². The topological polar surface area (TPSA) is 51.2 Å². The predicted octanol–water partition coefficient (Wildman–Crippen LogP) is 3.07. The van der Waals surface area contributed by atoms with Gasteiger partial charge in [0.25, 0.3) is 0 Å². The van der Waals surface area contributed by atoms with Crippen LogP contribution in [0.15, 0.2) is 16.6 Å². The first-order chi connectivity index (χ1) is 7.51. The Morgan fingerprint density at radius 3 is 2.38 bits per heavy atom. The van der Waals surface area contributed by atoms with Gasteiger partial charge in [-0.25, -0.2) is 0 Å². The molecule has 1 atom stereocenters. The molecule has 1 aromatic heterocycles. The molecule has 0 saturated carbocycles. The van der Waals surface area contributed by atoms with Crippen molar-refractivity contribution in [3.05, 3.63) is 34.8 Å². The number of hydrazine groups is 1. The molecular formula is C13H22N2O. The molecule has 3 heteroatoms. The highest BCUT2D eigenvalue weighted by molar-refractivity contribution is 5.34. The first kappa shape index (κ1) is 13.0. The lowest BCUT2D eigenvalue weighted by Crippen LogP contribution is -2.29. The normalized spacial score (nSPS) is 12.8. The Morgan fingerprint density at radius 1 is 1.38 bits per heavy atom. The maximum absolute atomic E-state index is 5.62. The third-order valence-corrected chi connectivity index (χ3v) is 3.16. The van der Waals surface area contributed by atoms with Crippen molar-refractivity contribution in [2.75, 3.05) is 0 Å². The monoisotopic (exact) mass is 222 g/mol. The molecule has 1 rings (SSSR count). The molecule has 0 amide bonds. The Labute approximate surface area is 97.7 Å². The van der Waals surface area contributed by atoms with Crippen molar-refractivity contribution in [1.29, 1.82) is 0 Å². The van der Waals surface area contributed by atoms with Crippen LogP contribution in [0.1, 0.15) is 48.5 Å². The summed E-state index contributed by atoms with van der Waals surface area (Å²) in [6.45, 7) is 12.2. The fourth-order valence-electron chi connectivity index (χ4n) is 2.00. The number of aryl methyl sites for hydroxylation is 2. The number of rotatable bonds is 5. The van der Waals surface area contributed by atoms with Crippen LogP contribution in [0.25, 0.3) is 0 Å². The van der Waals surface area contributed by atoms with Crippen LogP contribution in [0, 0.1) is 20.8 Å². The van der Waals surface area contributed by atoms with Crippen molar-refractivity contribution in [1.82, 2.24) is 5.43 Å². The Hall–Kier alpha value is -1.06. The van der Waals surface area contributed by atoms with Crippen LogP contribution < -0.4 is 11.3 Å². The highest BCUT2D eigenvalue weighted by Gasteiger charge is 2.20. The van der Waals surface area contributed by atoms with E-state index < -0.39 is 0 Å². The van der Waals surface area contributed by atoms with Crippen LogP contribution in [-0.4, -0.2) is 0 Å². The highest BCUT2D eigenvalue weighted by atomic mass is 16.3. The van der Waals surface area contributed by atoms with Crippen LogP contribution in [0.3, 0.4) is 0 Å². The Morgan fingerprint density at radius 2 is 2.00 bits per heavy atom. The second-order valence-corrected chi connectivity index (χ2v) is 4.28. The van der Waals surface area contributed by atoms with E-state index in [9.17, 15) is 0 Å². The Kier molecular flexibility index (Phi) is 4.33. The average Bonchev–Trinajstić information content (AvgIpc) is 2.50. The third-order valence-electron chi connectivity index (χ3n) is 3.16. The molecule has 3 nitrogen and oxygen atoms in total. The summed E-state index contributed by atoms with van der Waals surface area (Å²) in [4.78, 5) is 0. The van der Waals surface area contributed by atoms with E-state index in [0.29, 0.717) is 0 Å². The maximum atomic E-state index is 5.62. The zero-order chi connectivity index (χ0) is 12.3. The van der Waals surface area contributed by atoms with Crippen LogP contribution in [-0.2, 0) is 0 Å². The van der Waals surface area contributed by atoms with E-state index in [4.69, 9.17) is 10.3 Å². The van der Waals surface area contributed by atoms with Crippen molar-refractivity contribution in [2.45, 2.75) is 46.6 Å². The molecule has 16 heavy (non-hydrogen) atoms. The first-order valence-corrected chi connectivity index (χ1v) is 5.70. The molecule has 0 aliphatic carbocycles. The van der Waals surface area contributed by atoms with Crippen LogP contribution >= 0.6 is 0 Å². The summed E-state index contributed by atoms with van der Waals surface area (Å²) < 4.78 is 5.62. The minimum Gasteiger partial charge on any atom is -0.466 e. The molecule has 0 aliphatic rings. The van der Waals surface area contributed by atoms with E-state index in [1.54, 1.807) is 0 Å². The SMILES string of the molecule is C=C(CC)CC(NN)c1c(C)oc(C)c1C. The molecule has 0 saturated heterocycles. The van der Waals surface area contributed by atoms with E-state index in [1.165, 1.54) is 16.7 Å². The zero-order valence-corrected chi connectivity index (χ0v) is 10.7. The van der Waals surface area contributed by atoms with Gasteiger partial charge in [0.05, 0.1) is 6.04 Å². The summed E-state index contributed by atoms with van der Waals surface area (Å²) in [6.07, 6.45) is 1.83. The van der Waals surface area contributed by atoms with Gasteiger partial charge in [-0.05, 0) is 39.2 Å². The summed E-state index contributed by atoms with van der Waals surface area (Å²) >= 11 is 0. The van der Waals surface area contributed by atoms with Gasteiger partial charge in [0.15, 0.2) is 0 Å². The van der Waals surface area contributed by atoms with Gasteiger partial charge < -0.3 is 4.42 Å². The second kappa shape index (κ2) is 5.32. The molecule has 0 aliphatic heterocycles. The van der Waals surface area contributed by atoms with E-state index in [0.717, 1.165) is 24.4 Å². The largest absolute Gasteiger partial charge is 0.466 e. The average molecular weight is 222 g/mol. The third kappa shape index (κ3) is 2.54. The molecule has 1 aromatic rings. The first-order valence-electron chi connectivity index (χ1n) is 5.70. The van der Waals surface area contributed by atoms with E-state index >= 15 is 0 Å². The lowest BCUT2D eigenvalue weighted by atomic mass is 9.96. The second-order valence-electron chi connectivity index (χ2n) is 4.28. The van der Waals surface area contributed by atoms with Crippen molar-refractivity contribution in [3.8, 4) is 0 Å². The minimum atomic E-state index is 0.102. The van der Waals surface area contributed by atoms with Gasteiger partial charge in [0.1, 0.15) is 11.5 Å². The van der Waals surface area contributed by atoms with Crippen LogP contribution in [0.5, 0.6) is 0 Å². The lowest BCUT2D eigenvalue weighted by molar-refractivity contribution is 0.483. The number of nitrogens with two attached hydrogens (primary N) is 1. The molecule has 90 valence electrons. The van der Waals surface area contributed by atoms with Gasteiger partial charge in [0.2, 0.25) is 0 Å². The minimum absolute atomic E-state index is 0.102. The molecule has 0 spiro atoms. The number of nitrogens with one attached hydrogen (secondary N) is 1. The smallest absolute Gasteiger partial charge is 0.106 e. The van der Waals surface area contributed by atoms with Crippen molar-refractivity contribution >= 4 is 0 Å². The summed E-state index contributed by atoms with van der Waals surface area (Å²) in [7, 11) is 0. The number of hydrogen-bond acceptors (Lipinski definition) is 3. The van der Waals surface area contributed by atoms with Gasteiger partial charge in [0, 0.05) is 5.56 Å². The zero-order valence-electron chi connectivity index (χ0n) is 10.7. The summed E-state index contributed by atoms with van der Waals surface area (Å²) in [5, 5.41) is 0. The van der Waals surface area contributed by atoms with Crippen molar-refractivity contribution in [3.63, 3.8) is 0 Å². The molecule has 0 bridgehead atoms. The Bertz CT molecular complexity index is 380. The van der Waals surface area contributed by atoms with E-state index in [1.807, 2.05) is 13.8 Å². The van der Waals surface area contributed by atoms with Gasteiger partial charge in [-0.2, -0.15) is 0 Å². The van der Waals surface area contributed by atoms with Crippen molar-refractivity contribution < 1.29 is 4.42 Å². The van der Waals surface area contributed by atoms with Gasteiger partial charge in [-0.1, -0.05) is 19.1 Å². The molecule has 1 heterocycles. The van der Waals surface area contributed by atoms with Crippen LogP contribution in [0.2, 0.25) is 0 Å². The number of furan rings is 1. The molecule has 1 unspecified atom stereocenters. The molecule has 0 aromatic carbocycles. The quantitative estimate of drug-likeness (QED) is 0.457. The summed E-state index contributed by atoms with van der Waals surface area (Å²) in [6, 6.07) is 0.102. The summed E-state index contributed by atoms with van der Waals surface area (Å²) in [5.74, 6) is 7.54. The van der Waals surface area contributed by atoms with Gasteiger partial charge in [-0.3, -0.25) is 11.3 Å². The molecular weight excluding hydrogens is 200 g/mol. The molecule has 0 radical (unpaired) electrons. The van der Waals surface area contributed by atoms with E-state index in [2.05, 4.69) is 25.9 Å². The Balaban J connectivity index is 2.99. The predicted molar refractivity (Wildman–Crippen MR) is 67.0 cm³/mol. The standard InChI is InChI=1S/C13H22N2O/c1-6-8(2)7-12(15-14)13-9(3)10(4)16-11(13)5/h12,15H,2,6-7,14H2,1,3-5H3. The molecule has 0 fully saturated rings. The van der Waals surface area contributed by atoms with Crippen molar-refractivity contribution in [2.24, 2.45) is 5.84 Å². The molecule has 3 N–H and O–H groups in total. The van der Waals surface area contributed by atoms with E-state index in [-0.39, 0.29) is 6.04 Å². The van der Waals surface area contributed by atoms with Gasteiger partial charge >= 0.3 is 0 Å².